The summed E-state index contributed by atoms with van der Waals surface area (Å²) in [7, 11) is 1.95. The van der Waals surface area contributed by atoms with E-state index in [4.69, 9.17) is 0 Å². The van der Waals surface area contributed by atoms with Crippen molar-refractivity contribution in [2.75, 3.05) is 33.2 Å². The van der Waals surface area contributed by atoms with Crippen LogP contribution >= 0.6 is 0 Å². The molecule has 5 nitrogen and oxygen atoms in total. The first-order valence-electron chi connectivity index (χ1n) is 7.08. The first-order valence-corrected chi connectivity index (χ1v) is 7.08. The minimum absolute atomic E-state index is 0.00194. The summed E-state index contributed by atoms with van der Waals surface area (Å²) in [5, 5.41) is 0. The molecule has 0 aromatic carbocycles. The molecule has 2 aliphatic rings. The predicted octanol–water partition coefficient (Wildman–Crippen LogP) is 0.702. The topological polar surface area (TPSA) is 43.9 Å². The number of piperazine rings is 1. The van der Waals surface area contributed by atoms with Crippen molar-refractivity contribution in [1.82, 2.24) is 14.7 Å². The molecule has 2 rings (SSSR count). The molecule has 21 heavy (non-hydrogen) atoms. The number of alkyl halides is 3. The molecule has 0 spiro atoms. The Hall–Kier alpha value is -1.31. The Kier molecular flexibility index (Phi) is 4.46. The maximum Gasteiger partial charge on any atom is 0.471 e. The molecule has 8 heteroatoms. The van der Waals surface area contributed by atoms with Crippen LogP contribution in [0.2, 0.25) is 0 Å². The Morgan fingerprint density at radius 1 is 1.14 bits per heavy atom. The number of carbonyl (C=O) groups is 2. The summed E-state index contributed by atoms with van der Waals surface area (Å²) < 4.78 is 37.7. The number of halogens is 3. The maximum absolute atomic E-state index is 12.6. The fraction of sp³-hybridized carbons (Fsp3) is 0.846. The van der Waals surface area contributed by atoms with Crippen LogP contribution in [0.1, 0.15) is 19.8 Å². The predicted molar refractivity (Wildman–Crippen MR) is 69.5 cm³/mol. The van der Waals surface area contributed by atoms with Crippen molar-refractivity contribution >= 4 is 11.8 Å². The van der Waals surface area contributed by atoms with Crippen LogP contribution in [0.25, 0.3) is 0 Å². The molecule has 120 valence electrons. The number of rotatable bonds is 1. The van der Waals surface area contributed by atoms with E-state index in [1.807, 2.05) is 14.0 Å². The normalized spacial score (nSPS) is 28.0. The van der Waals surface area contributed by atoms with Gasteiger partial charge in [0, 0.05) is 32.2 Å². The second kappa shape index (κ2) is 5.82. The van der Waals surface area contributed by atoms with Crippen molar-refractivity contribution in [2.24, 2.45) is 0 Å². The number of likely N-dealkylation sites (N-methyl/N-ethyl adjacent to an activating group) is 1. The Bertz CT molecular complexity index is 427. The molecule has 2 fully saturated rings. The first kappa shape index (κ1) is 16.1. The van der Waals surface area contributed by atoms with Gasteiger partial charge in [-0.25, -0.2) is 0 Å². The highest BCUT2D eigenvalue weighted by Gasteiger charge is 2.48. The molecule has 0 aromatic heterocycles. The molecule has 2 atom stereocenters. The monoisotopic (exact) mass is 307 g/mol. The summed E-state index contributed by atoms with van der Waals surface area (Å²) in [6.45, 7) is 3.63. The van der Waals surface area contributed by atoms with Crippen LogP contribution in [0.4, 0.5) is 13.2 Å². The van der Waals surface area contributed by atoms with Crippen molar-refractivity contribution in [2.45, 2.75) is 38.0 Å². The van der Waals surface area contributed by atoms with E-state index in [0.29, 0.717) is 37.4 Å². The third-order valence-corrected chi connectivity index (χ3v) is 4.31. The van der Waals surface area contributed by atoms with Crippen LogP contribution in [-0.4, -0.2) is 78.0 Å². The lowest BCUT2D eigenvalue weighted by atomic mass is 10.1. The summed E-state index contributed by atoms with van der Waals surface area (Å²) >= 11 is 0. The molecule has 0 aromatic rings. The molecule has 2 unspecified atom stereocenters. The molecule has 2 aliphatic heterocycles. The van der Waals surface area contributed by atoms with E-state index in [0.717, 1.165) is 0 Å². The van der Waals surface area contributed by atoms with E-state index in [1.54, 1.807) is 4.90 Å². The zero-order valence-electron chi connectivity index (χ0n) is 12.2. The van der Waals surface area contributed by atoms with Gasteiger partial charge in [0.2, 0.25) is 5.91 Å². The van der Waals surface area contributed by atoms with E-state index >= 15 is 0 Å². The Balaban J connectivity index is 2.06. The van der Waals surface area contributed by atoms with Crippen LogP contribution in [0.15, 0.2) is 0 Å². The van der Waals surface area contributed by atoms with Gasteiger partial charge in [-0.1, -0.05) is 0 Å². The van der Waals surface area contributed by atoms with Gasteiger partial charge in [0.05, 0.1) is 0 Å². The lowest BCUT2D eigenvalue weighted by Crippen LogP contribution is -2.57. The molecule has 0 bridgehead atoms. The zero-order valence-corrected chi connectivity index (χ0v) is 12.2. The van der Waals surface area contributed by atoms with E-state index in [1.165, 1.54) is 0 Å². The second-order valence-corrected chi connectivity index (χ2v) is 5.77. The number of amides is 2. The lowest BCUT2D eigenvalue weighted by Gasteiger charge is -2.39. The minimum atomic E-state index is -4.92. The number of nitrogens with zero attached hydrogens (tertiary/aromatic N) is 3. The van der Waals surface area contributed by atoms with Gasteiger partial charge in [0.15, 0.2) is 0 Å². The Morgan fingerprint density at radius 3 is 2.38 bits per heavy atom. The average Bonchev–Trinajstić information content (AvgIpc) is 2.88. The minimum Gasteiger partial charge on any atom is -0.338 e. The SMILES string of the molecule is CC1CN(C(=O)C2CCCN2C(=O)C(F)(F)F)CCN1C. The molecule has 0 radical (unpaired) electrons. The second-order valence-electron chi connectivity index (χ2n) is 5.77. The van der Waals surface area contributed by atoms with Gasteiger partial charge in [-0.3, -0.25) is 9.59 Å². The molecule has 2 amide bonds. The highest BCUT2D eigenvalue weighted by atomic mass is 19.4. The summed E-state index contributed by atoms with van der Waals surface area (Å²) in [5.74, 6) is -2.26. The van der Waals surface area contributed by atoms with Crippen LogP contribution in [0.3, 0.4) is 0 Å². The smallest absolute Gasteiger partial charge is 0.338 e. The number of hydrogen-bond acceptors (Lipinski definition) is 3. The van der Waals surface area contributed by atoms with Gasteiger partial charge in [-0.05, 0) is 26.8 Å². The molecule has 2 saturated heterocycles. The van der Waals surface area contributed by atoms with Gasteiger partial charge >= 0.3 is 12.1 Å². The summed E-state index contributed by atoms with van der Waals surface area (Å²) in [5.41, 5.74) is 0. The van der Waals surface area contributed by atoms with Crippen LogP contribution in [0, 0.1) is 0 Å². The quantitative estimate of drug-likeness (QED) is 0.716. The van der Waals surface area contributed by atoms with E-state index in [-0.39, 0.29) is 18.5 Å². The van der Waals surface area contributed by atoms with E-state index in [9.17, 15) is 22.8 Å². The lowest BCUT2D eigenvalue weighted by molar-refractivity contribution is -0.187. The molecule has 0 N–H and O–H groups in total. The van der Waals surface area contributed by atoms with Crippen molar-refractivity contribution in [3.05, 3.63) is 0 Å². The largest absolute Gasteiger partial charge is 0.471 e. The number of likely N-dealkylation sites (tertiary alicyclic amines) is 1. The van der Waals surface area contributed by atoms with Crippen LogP contribution in [-0.2, 0) is 9.59 Å². The number of hydrogen-bond donors (Lipinski definition) is 0. The summed E-state index contributed by atoms with van der Waals surface area (Å²) in [6, 6.07) is -0.800. The fourth-order valence-electron chi connectivity index (χ4n) is 2.89. The highest BCUT2D eigenvalue weighted by molar-refractivity contribution is 5.90. The van der Waals surface area contributed by atoms with Crippen molar-refractivity contribution in [1.29, 1.82) is 0 Å². The van der Waals surface area contributed by atoms with Crippen LogP contribution in [0.5, 0.6) is 0 Å². The first-order chi connectivity index (χ1) is 9.71. The van der Waals surface area contributed by atoms with Crippen LogP contribution < -0.4 is 0 Å². The van der Waals surface area contributed by atoms with E-state index in [2.05, 4.69) is 4.90 Å². The van der Waals surface area contributed by atoms with Crippen molar-refractivity contribution in [3.8, 4) is 0 Å². The van der Waals surface area contributed by atoms with Gasteiger partial charge in [0.25, 0.3) is 0 Å². The van der Waals surface area contributed by atoms with Gasteiger partial charge in [-0.15, -0.1) is 0 Å². The Morgan fingerprint density at radius 2 is 1.81 bits per heavy atom. The standard InChI is InChI=1S/C13H20F3N3O2/c1-9-8-18(7-6-17(9)2)11(20)10-4-3-5-19(10)12(21)13(14,15)16/h9-10H,3-8H2,1-2H3. The third-order valence-electron chi connectivity index (χ3n) is 4.31. The zero-order chi connectivity index (χ0) is 15.8. The molecule has 0 aliphatic carbocycles. The van der Waals surface area contributed by atoms with Crippen molar-refractivity contribution in [3.63, 3.8) is 0 Å². The highest BCUT2D eigenvalue weighted by Crippen LogP contribution is 2.27. The van der Waals surface area contributed by atoms with Gasteiger partial charge in [-0.2, -0.15) is 13.2 Å². The van der Waals surface area contributed by atoms with Gasteiger partial charge in [0.1, 0.15) is 6.04 Å². The van der Waals surface area contributed by atoms with Crippen molar-refractivity contribution < 1.29 is 22.8 Å². The molecule has 2 heterocycles. The maximum atomic E-state index is 12.6. The van der Waals surface area contributed by atoms with Gasteiger partial charge < -0.3 is 14.7 Å². The molecular weight excluding hydrogens is 287 g/mol. The Labute approximate surface area is 121 Å². The molecule has 0 saturated carbocycles. The summed E-state index contributed by atoms with van der Waals surface area (Å²) in [6.07, 6.45) is -4.18. The average molecular weight is 307 g/mol. The summed E-state index contributed by atoms with van der Waals surface area (Å²) in [4.78, 5) is 28.2. The number of carbonyl (C=O) groups excluding carboxylic acids is 2. The fourth-order valence-corrected chi connectivity index (χ4v) is 2.89. The van der Waals surface area contributed by atoms with E-state index < -0.39 is 18.1 Å². The third kappa shape index (κ3) is 3.30. The molecular formula is C13H20F3N3O2.